The molecule has 4 nitrogen and oxygen atoms in total. The average molecular weight is 378 g/mol. The molecule has 1 heterocycles. The summed E-state index contributed by atoms with van der Waals surface area (Å²) in [7, 11) is 0. The number of aliphatic hydroxyl groups is 1. The Kier molecular flexibility index (Phi) is 6.12. The standard InChI is InChI=1S/C20H21ClFNO3/c21-15-6-8-16(9-7-15)26-19-11-12-23(13-18(19)24)20(25)10-5-14-3-1-2-4-17(14)22/h1-4,6-9,18-19,24H,5,10-13H2/t18-,19-/m1/s1. The minimum atomic E-state index is -0.767. The van der Waals surface area contributed by atoms with Gasteiger partial charge in [0.25, 0.3) is 0 Å². The lowest BCUT2D eigenvalue weighted by molar-refractivity contribution is -0.137. The zero-order valence-electron chi connectivity index (χ0n) is 14.3. The molecular weight excluding hydrogens is 357 g/mol. The number of carbonyl (C=O) groups excluding carboxylic acids is 1. The lowest BCUT2D eigenvalue weighted by Crippen LogP contribution is -2.51. The van der Waals surface area contributed by atoms with Crippen LogP contribution in [0.3, 0.4) is 0 Å². The number of hydrogen-bond acceptors (Lipinski definition) is 3. The third-order valence-corrected chi connectivity index (χ3v) is 4.79. The fourth-order valence-corrected chi connectivity index (χ4v) is 3.19. The highest BCUT2D eigenvalue weighted by Gasteiger charge is 2.31. The van der Waals surface area contributed by atoms with Crippen LogP contribution < -0.4 is 4.74 Å². The van der Waals surface area contributed by atoms with Crippen molar-refractivity contribution in [1.29, 1.82) is 0 Å². The predicted octanol–water partition coefficient (Wildman–Crippen LogP) is 3.45. The van der Waals surface area contributed by atoms with Gasteiger partial charge in [0.1, 0.15) is 23.8 Å². The van der Waals surface area contributed by atoms with Gasteiger partial charge in [0, 0.05) is 24.4 Å². The van der Waals surface area contributed by atoms with Crippen LogP contribution in [-0.2, 0) is 11.2 Å². The molecule has 3 rings (SSSR count). The lowest BCUT2D eigenvalue weighted by Gasteiger charge is -2.36. The van der Waals surface area contributed by atoms with Gasteiger partial charge in [-0.15, -0.1) is 0 Å². The number of amides is 1. The molecule has 0 radical (unpaired) electrons. The second-order valence-corrected chi connectivity index (χ2v) is 6.83. The van der Waals surface area contributed by atoms with Crippen LogP contribution in [0.25, 0.3) is 0 Å². The number of ether oxygens (including phenoxy) is 1. The van der Waals surface area contributed by atoms with E-state index in [2.05, 4.69) is 0 Å². The quantitative estimate of drug-likeness (QED) is 0.868. The molecule has 26 heavy (non-hydrogen) atoms. The van der Waals surface area contributed by atoms with Crippen molar-refractivity contribution in [3.05, 3.63) is 64.9 Å². The Balaban J connectivity index is 1.50. The molecule has 1 amide bonds. The van der Waals surface area contributed by atoms with E-state index in [0.29, 0.717) is 35.7 Å². The van der Waals surface area contributed by atoms with Gasteiger partial charge in [0.15, 0.2) is 0 Å². The van der Waals surface area contributed by atoms with Crippen LogP contribution in [0.4, 0.5) is 4.39 Å². The van der Waals surface area contributed by atoms with Crippen LogP contribution in [0.1, 0.15) is 18.4 Å². The SMILES string of the molecule is O=C(CCc1ccccc1F)N1CC[C@@H](Oc2ccc(Cl)cc2)[C@H](O)C1. The Hall–Kier alpha value is -2.11. The molecule has 2 aromatic carbocycles. The molecule has 0 saturated carbocycles. The van der Waals surface area contributed by atoms with Crippen LogP contribution >= 0.6 is 11.6 Å². The maximum absolute atomic E-state index is 13.6. The first-order valence-corrected chi connectivity index (χ1v) is 9.02. The Morgan fingerprint density at radius 1 is 1.23 bits per heavy atom. The van der Waals surface area contributed by atoms with E-state index in [9.17, 15) is 14.3 Å². The number of likely N-dealkylation sites (tertiary alicyclic amines) is 1. The summed E-state index contributed by atoms with van der Waals surface area (Å²) in [6.07, 6.45) is -0.0300. The number of piperidine rings is 1. The van der Waals surface area contributed by atoms with E-state index in [4.69, 9.17) is 16.3 Å². The van der Waals surface area contributed by atoms with E-state index in [1.165, 1.54) is 6.07 Å². The Morgan fingerprint density at radius 3 is 2.65 bits per heavy atom. The molecule has 1 saturated heterocycles. The number of aryl methyl sites for hydroxylation is 1. The van der Waals surface area contributed by atoms with E-state index in [-0.39, 0.29) is 30.8 Å². The van der Waals surface area contributed by atoms with Crippen LogP contribution in [0.5, 0.6) is 5.75 Å². The van der Waals surface area contributed by atoms with Crippen LogP contribution in [-0.4, -0.2) is 41.2 Å². The van der Waals surface area contributed by atoms with Crippen molar-refractivity contribution in [2.75, 3.05) is 13.1 Å². The molecule has 1 aliphatic heterocycles. The fraction of sp³-hybridized carbons (Fsp3) is 0.350. The number of β-amino-alcohol motifs (C(OH)–C–C–N with tert-alkyl or cyclic N) is 1. The lowest BCUT2D eigenvalue weighted by atomic mass is 10.0. The van der Waals surface area contributed by atoms with E-state index < -0.39 is 6.10 Å². The maximum Gasteiger partial charge on any atom is 0.222 e. The van der Waals surface area contributed by atoms with Crippen molar-refractivity contribution in [3.63, 3.8) is 0 Å². The van der Waals surface area contributed by atoms with Gasteiger partial charge in [-0.3, -0.25) is 4.79 Å². The number of hydrogen-bond donors (Lipinski definition) is 1. The molecule has 1 fully saturated rings. The highest BCUT2D eigenvalue weighted by Crippen LogP contribution is 2.22. The van der Waals surface area contributed by atoms with Crippen LogP contribution in [0.2, 0.25) is 5.02 Å². The number of benzene rings is 2. The van der Waals surface area contributed by atoms with Crippen molar-refractivity contribution in [2.45, 2.75) is 31.5 Å². The summed E-state index contributed by atoms with van der Waals surface area (Å²) in [6.45, 7) is 0.722. The third kappa shape index (κ3) is 4.74. The molecule has 0 spiro atoms. The number of nitrogens with zero attached hydrogens (tertiary/aromatic N) is 1. The molecule has 0 unspecified atom stereocenters. The summed E-state index contributed by atoms with van der Waals surface area (Å²) < 4.78 is 19.4. The van der Waals surface area contributed by atoms with E-state index in [1.54, 1.807) is 47.4 Å². The third-order valence-electron chi connectivity index (χ3n) is 4.54. The molecule has 2 atom stereocenters. The first-order valence-electron chi connectivity index (χ1n) is 8.64. The van der Waals surface area contributed by atoms with Crippen LogP contribution in [0.15, 0.2) is 48.5 Å². The van der Waals surface area contributed by atoms with Crippen LogP contribution in [0, 0.1) is 5.82 Å². The van der Waals surface area contributed by atoms with Crippen molar-refractivity contribution < 1.29 is 19.0 Å². The number of halogens is 2. The molecule has 1 aliphatic rings. The van der Waals surface area contributed by atoms with Crippen molar-refractivity contribution >= 4 is 17.5 Å². The summed E-state index contributed by atoms with van der Waals surface area (Å²) in [5.41, 5.74) is 0.530. The fourth-order valence-electron chi connectivity index (χ4n) is 3.06. The van der Waals surface area contributed by atoms with Gasteiger partial charge >= 0.3 is 0 Å². The van der Waals surface area contributed by atoms with Gasteiger partial charge in [-0.05, 0) is 42.3 Å². The average Bonchev–Trinajstić information content (AvgIpc) is 2.64. The van der Waals surface area contributed by atoms with Gasteiger partial charge in [-0.1, -0.05) is 29.8 Å². The highest BCUT2D eigenvalue weighted by atomic mass is 35.5. The smallest absolute Gasteiger partial charge is 0.222 e. The summed E-state index contributed by atoms with van der Waals surface area (Å²) in [5, 5.41) is 10.9. The summed E-state index contributed by atoms with van der Waals surface area (Å²) in [5.74, 6) is 0.255. The monoisotopic (exact) mass is 377 g/mol. The Bertz CT molecular complexity index is 753. The minimum absolute atomic E-state index is 0.0859. The number of aliphatic hydroxyl groups excluding tert-OH is 1. The van der Waals surface area contributed by atoms with Gasteiger partial charge in [-0.2, -0.15) is 0 Å². The molecule has 0 bridgehead atoms. The van der Waals surface area contributed by atoms with Gasteiger partial charge < -0.3 is 14.7 Å². The second kappa shape index (κ2) is 8.52. The highest BCUT2D eigenvalue weighted by molar-refractivity contribution is 6.30. The molecule has 6 heteroatoms. The molecule has 138 valence electrons. The van der Waals surface area contributed by atoms with E-state index in [0.717, 1.165) is 0 Å². The first-order chi connectivity index (χ1) is 12.5. The van der Waals surface area contributed by atoms with Gasteiger partial charge in [0.05, 0.1) is 6.54 Å². The Labute approximate surface area is 157 Å². The number of carbonyl (C=O) groups is 1. The topological polar surface area (TPSA) is 49.8 Å². The van der Waals surface area contributed by atoms with Crippen molar-refractivity contribution in [3.8, 4) is 5.75 Å². The Morgan fingerprint density at radius 2 is 1.96 bits per heavy atom. The number of rotatable bonds is 5. The van der Waals surface area contributed by atoms with Gasteiger partial charge in [0.2, 0.25) is 5.91 Å². The first kappa shape index (κ1) is 18.7. The largest absolute Gasteiger partial charge is 0.488 e. The van der Waals surface area contributed by atoms with Crippen molar-refractivity contribution in [1.82, 2.24) is 4.90 Å². The molecule has 0 aliphatic carbocycles. The second-order valence-electron chi connectivity index (χ2n) is 6.40. The molecular formula is C20H21ClFNO3. The molecule has 1 N–H and O–H groups in total. The summed E-state index contributed by atoms with van der Waals surface area (Å²) in [6, 6.07) is 13.4. The minimum Gasteiger partial charge on any atom is -0.488 e. The predicted molar refractivity (Wildman–Crippen MR) is 97.8 cm³/mol. The summed E-state index contributed by atoms with van der Waals surface area (Å²) in [4.78, 5) is 14.0. The van der Waals surface area contributed by atoms with E-state index >= 15 is 0 Å². The molecule has 0 aromatic heterocycles. The van der Waals surface area contributed by atoms with Gasteiger partial charge in [-0.25, -0.2) is 4.39 Å². The zero-order valence-corrected chi connectivity index (χ0v) is 15.0. The maximum atomic E-state index is 13.6. The normalized spacial score (nSPS) is 20.0. The summed E-state index contributed by atoms with van der Waals surface area (Å²) >= 11 is 5.85. The molecule has 2 aromatic rings. The van der Waals surface area contributed by atoms with E-state index in [1.807, 2.05) is 0 Å². The zero-order chi connectivity index (χ0) is 18.5. The van der Waals surface area contributed by atoms with Crippen molar-refractivity contribution in [2.24, 2.45) is 0 Å².